The van der Waals surface area contributed by atoms with Gasteiger partial charge in [0.05, 0.1) is 0 Å². The number of rotatable bonds is 3. The van der Waals surface area contributed by atoms with E-state index >= 15 is 0 Å². The van der Waals surface area contributed by atoms with Gasteiger partial charge >= 0.3 is 12.1 Å². The van der Waals surface area contributed by atoms with Gasteiger partial charge in [-0.25, -0.2) is 4.98 Å². The van der Waals surface area contributed by atoms with Crippen LogP contribution in [0, 0.1) is 6.92 Å². The molecule has 1 amide bonds. The molecule has 0 aliphatic rings. The first kappa shape index (κ1) is 17.0. The quantitative estimate of drug-likeness (QED) is 0.688. The summed E-state index contributed by atoms with van der Waals surface area (Å²) >= 11 is 0. The molecule has 0 unspecified atom stereocenters. The van der Waals surface area contributed by atoms with E-state index in [9.17, 15) is 18.0 Å². The first-order valence-corrected chi connectivity index (χ1v) is 7.66. The summed E-state index contributed by atoms with van der Waals surface area (Å²) in [5.74, 6) is -1.52. The summed E-state index contributed by atoms with van der Waals surface area (Å²) in [4.78, 5) is 16.6. The van der Waals surface area contributed by atoms with E-state index in [0.29, 0.717) is 21.9 Å². The summed E-state index contributed by atoms with van der Waals surface area (Å²) in [6.45, 7) is 3.29. The Kier molecular flexibility index (Phi) is 4.24. The summed E-state index contributed by atoms with van der Waals surface area (Å²) in [6, 6.07) is 11.9. The van der Waals surface area contributed by atoms with Crippen molar-refractivity contribution in [1.82, 2.24) is 4.98 Å². The van der Waals surface area contributed by atoms with Crippen molar-refractivity contribution in [3.05, 3.63) is 48.0 Å². The Morgan fingerprint density at radius 2 is 1.92 bits per heavy atom. The number of hydrogen-bond acceptors (Lipinski definition) is 3. The zero-order valence-electron chi connectivity index (χ0n) is 13.6. The SMILES string of the molecule is CCN(C(=O)C(F)(F)F)c1ccc2oc(-c3ccccc3C)nc2c1. The van der Waals surface area contributed by atoms with Crippen LogP contribution in [0.2, 0.25) is 0 Å². The number of hydrogen-bond donors (Lipinski definition) is 0. The normalized spacial score (nSPS) is 11.7. The van der Waals surface area contributed by atoms with Crippen LogP contribution in [0.4, 0.5) is 18.9 Å². The molecule has 0 saturated carbocycles. The minimum absolute atomic E-state index is 0.105. The number of benzene rings is 2. The maximum Gasteiger partial charge on any atom is 0.471 e. The van der Waals surface area contributed by atoms with Crippen LogP contribution in [0.5, 0.6) is 0 Å². The molecular formula is C18H15F3N2O2. The number of alkyl halides is 3. The highest BCUT2D eigenvalue weighted by atomic mass is 19.4. The second kappa shape index (κ2) is 6.23. The van der Waals surface area contributed by atoms with Crippen molar-refractivity contribution in [3.8, 4) is 11.5 Å². The Balaban J connectivity index is 2.03. The minimum atomic E-state index is -4.93. The minimum Gasteiger partial charge on any atom is -0.436 e. The molecule has 0 N–H and O–H groups in total. The number of carbonyl (C=O) groups excluding carboxylic acids is 1. The number of halogens is 3. The van der Waals surface area contributed by atoms with Crippen LogP contribution in [-0.4, -0.2) is 23.6 Å². The lowest BCUT2D eigenvalue weighted by atomic mass is 10.1. The van der Waals surface area contributed by atoms with Gasteiger partial charge in [-0.2, -0.15) is 13.2 Å². The van der Waals surface area contributed by atoms with Crippen LogP contribution in [0.25, 0.3) is 22.6 Å². The molecule has 0 spiro atoms. The number of oxazole rings is 1. The molecule has 2 aromatic carbocycles. The Labute approximate surface area is 141 Å². The van der Waals surface area contributed by atoms with Crippen molar-refractivity contribution in [2.24, 2.45) is 0 Å². The van der Waals surface area contributed by atoms with Crippen LogP contribution < -0.4 is 4.90 Å². The number of anilines is 1. The van der Waals surface area contributed by atoms with Gasteiger partial charge in [0.15, 0.2) is 5.58 Å². The topological polar surface area (TPSA) is 46.3 Å². The molecule has 0 fully saturated rings. The van der Waals surface area contributed by atoms with Gasteiger partial charge < -0.3 is 9.32 Å². The molecule has 0 aliphatic carbocycles. The van der Waals surface area contributed by atoms with Crippen LogP contribution in [0.3, 0.4) is 0 Å². The predicted molar refractivity (Wildman–Crippen MR) is 88.3 cm³/mol. The van der Waals surface area contributed by atoms with Crippen LogP contribution in [-0.2, 0) is 4.79 Å². The van der Waals surface area contributed by atoms with E-state index in [2.05, 4.69) is 4.98 Å². The zero-order valence-corrected chi connectivity index (χ0v) is 13.6. The van der Waals surface area contributed by atoms with Gasteiger partial charge in [0, 0.05) is 17.8 Å². The molecular weight excluding hydrogens is 333 g/mol. The molecule has 0 saturated heterocycles. The van der Waals surface area contributed by atoms with Crippen molar-refractivity contribution in [1.29, 1.82) is 0 Å². The number of amides is 1. The molecule has 7 heteroatoms. The maximum absolute atomic E-state index is 12.7. The van der Waals surface area contributed by atoms with E-state index in [-0.39, 0.29) is 12.2 Å². The fraction of sp³-hybridized carbons (Fsp3) is 0.222. The highest BCUT2D eigenvalue weighted by Crippen LogP contribution is 2.30. The fourth-order valence-electron chi connectivity index (χ4n) is 2.61. The molecule has 3 aromatic rings. The third-order valence-corrected chi connectivity index (χ3v) is 3.86. The van der Waals surface area contributed by atoms with Crippen molar-refractivity contribution >= 4 is 22.7 Å². The Hall–Kier alpha value is -2.83. The van der Waals surface area contributed by atoms with Crippen molar-refractivity contribution in [2.75, 3.05) is 11.4 Å². The van der Waals surface area contributed by atoms with Gasteiger partial charge in [0.25, 0.3) is 0 Å². The van der Waals surface area contributed by atoms with Crippen molar-refractivity contribution in [3.63, 3.8) is 0 Å². The summed E-state index contributed by atoms with van der Waals surface area (Å²) < 4.78 is 43.9. The highest BCUT2D eigenvalue weighted by molar-refractivity contribution is 5.98. The molecule has 0 radical (unpaired) electrons. The second-order valence-corrected chi connectivity index (χ2v) is 5.53. The predicted octanol–water partition coefficient (Wildman–Crippen LogP) is 4.72. The summed E-state index contributed by atoms with van der Waals surface area (Å²) in [7, 11) is 0. The number of fused-ring (bicyclic) bond motifs is 1. The molecule has 1 heterocycles. The third kappa shape index (κ3) is 3.22. The molecule has 25 heavy (non-hydrogen) atoms. The van der Waals surface area contributed by atoms with Gasteiger partial charge in [0.1, 0.15) is 5.52 Å². The lowest BCUT2D eigenvalue weighted by molar-refractivity contribution is -0.170. The monoisotopic (exact) mass is 348 g/mol. The maximum atomic E-state index is 12.7. The lowest BCUT2D eigenvalue weighted by Crippen LogP contribution is -2.41. The Bertz CT molecular complexity index is 931. The number of aromatic nitrogens is 1. The highest BCUT2D eigenvalue weighted by Gasteiger charge is 2.42. The molecule has 0 aliphatic heterocycles. The van der Waals surface area contributed by atoms with Crippen LogP contribution >= 0.6 is 0 Å². The standard InChI is InChI=1S/C18H15F3N2O2/c1-3-23(17(24)18(19,20)21)12-8-9-15-14(10-12)22-16(25-15)13-7-5-4-6-11(13)2/h4-10H,3H2,1-2H3. The molecule has 0 bridgehead atoms. The fourth-order valence-corrected chi connectivity index (χ4v) is 2.61. The van der Waals surface area contributed by atoms with Gasteiger partial charge in [-0.1, -0.05) is 18.2 Å². The van der Waals surface area contributed by atoms with E-state index in [4.69, 9.17) is 4.42 Å². The average molecular weight is 348 g/mol. The molecule has 1 aromatic heterocycles. The van der Waals surface area contributed by atoms with Crippen molar-refractivity contribution < 1.29 is 22.4 Å². The van der Waals surface area contributed by atoms with Gasteiger partial charge in [-0.15, -0.1) is 0 Å². The summed E-state index contributed by atoms with van der Waals surface area (Å²) in [5, 5.41) is 0. The molecule has 3 rings (SSSR count). The third-order valence-electron chi connectivity index (χ3n) is 3.86. The Morgan fingerprint density at radius 3 is 2.56 bits per heavy atom. The largest absolute Gasteiger partial charge is 0.471 e. The van der Waals surface area contributed by atoms with Crippen molar-refractivity contribution in [2.45, 2.75) is 20.0 Å². The van der Waals surface area contributed by atoms with Crippen LogP contribution in [0.15, 0.2) is 46.9 Å². The Morgan fingerprint density at radius 1 is 1.20 bits per heavy atom. The number of aryl methyl sites for hydroxylation is 1. The smallest absolute Gasteiger partial charge is 0.436 e. The van der Waals surface area contributed by atoms with Gasteiger partial charge in [0.2, 0.25) is 5.89 Å². The lowest BCUT2D eigenvalue weighted by Gasteiger charge is -2.21. The van der Waals surface area contributed by atoms with Gasteiger partial charge in [-0.05, 0) is 43.7 Å². The molecule has 4 nitrogen and oxygen atoms in total. The van der Waals surface area contributed by atoms with E-state index in [1.165, 1.54) is 25.1 Å². The zero-order chi connectivity index (χ0) is 18.2. The van der Waals surface area contributed by atoms with Gasteiger partial charge in [-0.3, -0.25) is 4.79 Å². The van der Waals surface area contributed by atoms with E-state index in [1.54, 1.807) is 0 Å². The molecule has 0 atom stereocenters. The average Bonchev–Trinajstić information content (AvgIpc) is 2.98. The van der Waals surface area contributed by atoms with Crippen LogP contribution in [0.1, 0.15) is 12.5 Å². The van der Waals surface area contributed by atoms with E-state index in [1.807, 2.05) is 31.2 Å². The summed E-state index contributed by atoms with van der Waals surface area (Å²) in [5.41, 5.74) is 2.74. The first-order chi connectivity index (χ1) is 11.8. The second-order valence-electron chi connectivity index (χ2n) is 5.53. The summed E-state index contributed by atoms with van der Waals surface area (Å²) in [6.07, 6.45) is -4.93. The first-order valence-electron chi connectivity index (χ1n) is 7.66. The van der Waals surface area contributed by atoms with E-state index < -0.39 is 12.1 Å². The molecule has 130 valence electrons. The van der Waals surface area contributed by atoms with E-state index in [0.717, 1.165) is 11.1 Å². The number of nitrogens with zero attached hydrogens (tertiary/aromatic N) is 2. The number of carbonyl (C=O) groups is 1.